The number of hydrogen-bond acceptors (Lipinski definition) is 1. The number of benzene rings is 2. The van der Waals surface area contributed by atoms with E-state index in [-0.39, 0.29) is 13.2 Å². The van der Waals surface area contributed by atoms with Gasteiger partial charge in [0.1, 0.15) is 0 Å². The zero-order valence-electron chi connectivity index (χ0n) is 18.1. The maximum atomic E-state index is 12.8. The summed E-state index contributed by atoms with van der Waals surface area (Å²) >= 11 is 0. The lowest BCUT2D eigenvalue weighted by Gasteiger charge is -2.33. The quantitative estimate of drug-likeness (QED) is 0.376. The second-order valence-electron chi connectivity index (χ2n) is 8.47. The van der Waals surface area contributed by atoms with Crippen LogP contribution < -0.4 is 0 Å². The Morgan fingerprint density at radius 1 is 0.548 bits per heavy atom. The Labute approximate surface area is 179 Å². The van der Waals surface area contributed by atoms with E-state index in [9.17, 15) is 26.3 Å². The predicted molar refractivity (Wildman–Crippen MR) is 109 cm³/mol. The molecule has 0 aliphatic rings. The zero-order chi connectivity index (χ0) is 23.5. The summed E-state index contributed by atoms with van der Waals surface area (Å²) in [4.78, 5) is 0. The zero-order valence-corrected chi connectivity index (χ0v) is 18.1. The lowest BCUT2D eigenvalue weighted by molar-refractivity contribution is -0.138. The molecule has 2 rings (SSSR count). The molecule has 2 aromatic carbocycles. The van der Waals surface area contributed by atoms with Gasteiger partial charge in [0.25, 0.3) is 0 Å². The second kappa shape index (κ2) is 9.23. The molecule has 2 atom stereocenters. The SMILES string of the molecule is CCC(C)(COCC(C)(CC)c1ccc(C(F)(F)F)cc1)c1ccc(C(F)(F)F)cc1. The highest BCUT2D eigenvalue weighted by Gasteiger charge is 2.34. The molecule has 0 amide bonds. The number of alkyl halides is 6. The minimum Gasteiger partial charge on any atom is -0.380 e. The highest BCUT2D eigenvalue weighted by atomic mass is 19.4. The van der Waals surface area contributed by atoms with E-state index in [1.165, 1.54) is 24.3 Å². The van der Waals surface area contributed by atoms with Crippen LogP contribution in [0.25, 0.3) is 0 Å². The maximum Gasteiger partial charge on any atom is 0.416 e. The van der Waals surface area contributed by atoms with E-state index in [0.717, 1.165) is 35.4 Å². The van der Waals surface area contributed by atoms with E-state index >= 15 is 0 Å². The van der Waals surface area contributed by atoms with Crippen LogP contribution in [-0.2, 0) is 27.9 Å². The van der Waals surface area contributed by atoms with Crippen molar-refractivity contribution in [3.63, 3.8) is 0 Å². The predicted octanol–water partition coefficient (Wildman–Crippen LogP) is 7.78. The molecule has 2 unspecified atom stereocenters. The summed E-state index contributed by atoms with van der Waals surface area (Å²) in [6.07, 6.45) is -7.46. The smallest absolute Gasteiger partial charge is 0.380 e. The molecule has 0 N–H and O–H groups in total. The van der Waals surface area contributed by atoms with Crippen LogP contribution in [0.1, 0.15) is 62.8 Å². The van der Waals surface area contributed by atoms with Crippen LogP contribution in [0.2, 0.25) is 0 Å². The van der Waals surface area contributed by atoms with Crippen LogP contribution in [-0.4, -0.2) is 13.2 Å². The first-order valence-electron chi connectivity index (χ1n) is 10.2. The van der Waals surface area contributed by atoms with Crippen LogP contribution >= 0.6 is 0 Å². The summed E-state index contributed by atoms with van der Waals surface area (Å²) in [6.45, 7) is 8.30. The van der Waals surface area contributed by atoms with E-state index in [1.54, 1.807) is 0 Å². The molecule has 0 aromatic heterocycles. The van der Waals surface area contributed by atoms with Crippen LogP contribution in [0, 0.1) is 0 Å². The topological polar surface area (TPSA) is 9.23 Å². The minimum atomic E-state index is -4.39. The molecule has 7 heteroatoms. The number of rotatable bonds is 8. The van der Waals surface area contributed by atoms with Crippen LogP contribution in [0.15, 0.2) is 48.5 Å². The first kappa shape index (κ1) is 25.2. The van der Waals surface area contributed by atoms with Crippen LogP contribution in [0.5, 0.6) is 0 Å². The van der Waals surface area contributed by atoms with E-state index < -0.39 is 34.3 Å². The van der Waals surface area contributed by atoms with E-state index in [2.05, 4.69) is 0 Å². The molecular formula is C24H28F6O. The molecule has 0 aliphatic carbocycles. The summed E-state index contributed by atoms with van der Waals surface area (Å²) < 4.78 is 83.0. The normalized spacial score (nSPS) is 16.6. The van der Waals surface area contributed by atoms with E-state index in [4.69, 9.17) is 4.74 Å². The first-order valence-corrected chi connectivity index (χ1v) is 10.2. The molecule has 0 bridgehead atoms. The van der Waals surface area contributed by atoms with Crippen LogP contribution in [0.3, 0.4) is 0 Å². The van der Waals surface area contributed by atoms with Crippen molar-refractivity contribution in [1.29, 1.82) is 0 Å². The van der Waals surface area contributed by atoms with Crippen molar-refractivity contribution in [1.82, 2.24) is 0 Å². The fourth-order valence-electron chi connectivity index (χ4n) is 3.40. The molecule has 0 spiro atoms. The van der Waals surface area contributed by atoms with Crippen molar-refractivity contribution in [2.45, 2.75) is 63.7 Å². The molecule has 0 heterocycles. The Morgan fingerprint density at radius 3 is 1.03 bits per heavy atom. The lowest BCUT2D eigenvalue weighted by atomic mass is 9.79. The standard InChI is InChI=1S/C24H28F6O/c1-5-21(3,17-7-11-19(12-8-17)23(25,26)27)15-31-16-22(4,6-2)18-9-13-20(14-10-18)24(28,29)30/h7-14H,5-6,15-16H2,1-4H3. The second-order valence-corrected chi connectivity index (χ2v) is 8.47. The Kier molecular flexibility index (Phi) is 7.51. The molecule has 0 radical (unpaired) electrons. The van der Waals surface area contributed by atoms with Crippen molar-refractivity contribution >= 4 is 0 Å². The lowest BCUT2D eigenvalue weighted by Crippen LogP contribution is -2.33. The molecule has 31 heavy (non-hydrogen) atoms. The third-order valence-electron chi connectivity index (χ3n) is 6.22. The Morgan fingerprint density at radius 2 is 0.806 bits per heavy atom. The maximum absolute atomic E-state index is 12.8. The number of hydrogen-bond donors (Lipinski definition) is 0. The van der Waals surface area contributed by atoms with E-state index in [0.29, 0.717) is 12.8 Å². The molecule has 0 saturated heterocycles. The largest absolute Gasteiger partial charge is 0.416 e. The average Bonchev–Trinajstić information content (AvgIpc) is 2.72. The van der Waals surface area contributed by atoms with Gasteiger partial charge < -0.3 is 4.74 Å². The highest BCUT2D eigenvalue weighted by Crippen LogP contribution is 2.35. The number of halogens is 6. The fourth-order valence-corrected chi connectivity index (χ4v) is 3.40. The molecule has 1 nitrogen and oxygen atoms in total. The molecule has 0 aliphatic heterocycles. The monoisotopic (exact) mass is 446 g/mol. The summed E-state index contributed by atoms with van der Waals surface area (Å²) in [5.41, 5.74) is -0.878. The first-order chi connectivity index (χ1) is 14.2. The fraction of sp³-hybridized carbons (Fsp3) is 0.500. The van der Waals surface area contributed by atoms with Crippen molar-refractivity contribution in [3.05, 3.63) is 70.8 Å². The highest BCUT2D eigenvalue weighted by molar-refractivity contribution is 5.31. The third kappa shape index (κ3) is 6.03. The van der Waals surface area contributed by atoms with Gasteiger partial charge >= 0.3 is 12.4 Å². The van der Waals surface area contributed by atoms with E-state index in [1.807, 2.05) is 27.7 Å². The molecular weight excluding hydrogens is 418 g/mol. The van der Waals surface area contributed by atoms with Crippen molar-refractivity contribution < 1.29 is 31.1 Å². The summed E-state index contributed by atoms with van der Waals surface area (Å²) in [5, 5.41) is 0. The Hall–Kier alpha value is -2.02. The number of ether oxygens (including phenoxy) is 1. The van der Waals surface area contributed by atoms with Gasteiger partial charge in [0, 0.05) is 10.8 Å². The Bertz CT molecular complexity index is 767. The van der Waals surface area contributed by atoms with Gasteiger partial charge in [-0.2, -0.15) is 26.3 Å². The van der Waals surface area contributed by atoms with Gasteiger partial charge in [0.05, 0.1) is 24.3 Å². The van der Waals surface area contributed by atoms with Gasteiger partial charge in [-0.1, -0.05) is 52.0 Å². The van der Waals surface area contributed by atoms with Gasteiger partial charge in [-0.25, -0.2) is 0 Å². The van der Waals surface area contributed by atoms with Crippen molar-refractivity contribution in [2.24, 2.45) is 0 Å². The molecule has 0 fully saturated rings. The van der Waals surface area contributed by atoms with Gasteiger partial charge in [-0.3, -0.25) is 0 Å². The Balaban J connectivity index is 2.12. The molecule has 172 valence electrons. The van der Waals surface area contributed by atoms with Gasteiger partial charge in [-0.05, 0) is 48.2 Å². The van der Waals surface area contributed by atoms with Gasteiger partial charge in [0.15, 0.2) is 0 Å². The minimum absolute atomic E-state index is 0.283. The van der Waals surface area contributed by atoms with Gasteiger partial charge in [-0.15, -0.1) is 0 Å². The summed E-state index contributed by atoms with van der Waals surface area (Å²) in [5.74, 6) is 0. The third-order valence-corrected chi connectivity index (χ3v) is 6.22. The van der Waals surface area contributed by atoms with Crippen molar-refractivity contribution in [3.8, 4) is 0 Å². The summed E-state index contributed by atoms with van der Waals surface area (Å²) in [7, 11) is 0. The van der Waals surface area contributed by atoms with Gasteiger partial charge in [0.2, 0.25) is 0 Å². The molecule has 0 saturated carbocycles. The van der Waals surface area contributed by atoms with Crippen molar-refractivity contribution in [2.75, 3.05) is 13.2 Å². The summed E-state index contributed by atoms with van der Waals surface area (Å²) in [6, 6.07) is 10.2. The average molecular weight is 446 g/mol. The molecule has 2 aromatic rings. The van der Waals surface area contributed by atoms with Crippen LogP contribution in [0.4, 0.5) is 26.3 Å².